The Kier molecular flexibility index (Phi) is 5.29. The first-order valence-corrected chi connectivity index (χ1v) is 14.5. The van der Waals surface area contributed by atoms with Crippen LogP contribution in [0.3, 0.4) is 0 Å². The molecule has 4 aromatic rings. The summed E-state index contributed by atoms with van der Waals surface area (Å²) >= 11 is 0. The number of fused-ring (bicyclic) bond motifs is 1. The van der Waals surface area contributed by atoms with Gasteiger partial charge < -0.3 is 0 Å². The van der Waals surface area contributed by atoms with Gasteiger partial charge in [-0.1, -0.05) is 98.8 Å². The molecule has 0 bridgehead atoms. The molecule has 1 nitrogen and oxygen atoms in total. The van der Waals surface area contributed by atoms with Crippen molar-refractivity contribution in [3.05, 3.63) is 89.6 Å². The van der Waals surface area contributed by atoms with Crippen LogP contribution in [0, 0.1) is 13.8 Å². The van der Waals surface area contributed by atoms with Crippen molar-refractivity contribution in [2.45, 2.75) is 53.1 Å². The van der Waals surface area contributed by atoms with Crippen LogP contribution in [0.1, 0.15) is 39.0 Å². The lowest BCUT2D eigenvalue weighted by Crippen LogP contribution is -2.52. The average molecular weight is 440 g/mol. The third-order valence-electron chi connectivity index (χ3n) is 7.00. The minimum absolute atomic E-state index is 0.0830. The van der Waals surface area contributed by atoms with Crippen LogP contribution >= 0.6 is 0 Å². The molecule has 164 valence electrons. The molecule has 0 amide bonds. The van der Waals surface area contributed by atoms with Crippen molar-refractivity contribution < 1.29 is 5.94 Å². The third kappa shape index (κ3) is 3.93. The van der Waals surface area contributed by atoms with Crippen LogP contribution in [0.2, 0.25) is 13.1 Å². The Hall–Kier alpha value is -2.71. The standard InChI is InChI=1S/C30H36NSi/c1-21-14-15-24(30(3,4)5)20-28(21)29-27-17-16-26(19-23(27)18-22(2)31(29)6)32(7,8)25-12-10-9-11-13-25/h9-20H,1-8H3/q+1/i18D. The zero-order chi connectivity index (χ0) is 24.1. The van der Waals surface area contributed by atoms with Gasteiger partial charge in [-0.3, -0.25) is 0 Å². The van der Waals surface area contributed by atoms with Crippen molar-refractivity contribution in [1.29, 1.82) is 0 Å². The van der Waals surface area contributed by atoms with Gasteiger partial charge in [-0.25, -0.2) is 0 Å². The van der Waals surface area contributed by atoms with Crippen LogP contribution in [0.15, 0.2) is 72.8 Å². The maximum absolute atomic E-state index is 8.98. The van der Waals surface area contributed by atoms with Crippen LogP contribution in [-0.4, -0.2) is 8.07 Å². The Bertz CT molecular complexity index is 1350. The number of aromatic nitrogens is 1. The molecule has 0 fully saturated rings. The highest BCUT2D eigenvalue weighted by atomic mass is 28.3. The Labute approximate surface area is 196 Å². The monoisotopic (exact) mass is 439 g/mol. The normalized spacial score (nSPS) is 12.8. The van der Waals surface area contributed by atoms with E-state index in [1.165, 1.54) is 32.8 Å². The van der Waals surface area contributed by atoms with E-state index >= 15 is 0 Å². The second-order valence-electron chi connectivity index (χ2n) is 10.6. The fourth-order valence-corrected chi connectivity index (χ4v) is 6.93. The number of nitrogens with zero attached hydrogens (tertiary/aromatic N) is 1. The first kappa shape index (κ1) is 21.1. The molecule has 0 saturated heterocycles. The molecular weight excluding hydrogens is 402 g/mol. The van der Waals surface area contributed by atoms with E-state index < -0.39 is 8.07 Å². The van der Waals surface area contributed by atoms with Gasteiger partial charge in [0.15, 0.2) is 5.69 Å². The van der Waals surface area contributed by atoms with Crippen molar-refractivity contribution >= 4 is 29.2 Å². The van der Waals surface area contributed by atoms with Crippen LogP contribution in [-0.2, 0) is 12.5 Å². The summed E-state index contributed by atoms with van der Waals surface area (Å²) in [7, 11) is 0.241. The Morgan fingerprint density at radius 2 is 1.53 bits per heavy atom. The number of hydrogen-bond acceptors (Lipinski definition) is 0. The van der Waals surface area contributed by atoms with Crippen LogP contribution in [0.5, 0.6) is 0 Å². The quantitative estimate of drug-likeness (QED) is 0.269. The number of benzene rings is 3. The summed E-state index contributed by atoms with van der Waals surface area (Å²) in [6.45, 7) is 15.9. The molecule has 0 unspecified atom stereocenters. The maximum Gasteiger partial charge on any atom is 0.220 e. The predicted octanol–water partition coefficient (Wildman–Crippen LogP) is 6.07. The highest BCUT2D eigenvalue weighted by Crippen LogP contribution is 2.32. The summed E-state index contributed by atoms with van der Waals surface area (Å²) in [5.74, 6) is 0. The van der Waals surface area contributed by atoms with Gasteiger partial charge in [-0.05, 0) is 41.0 Å². The van der Waals surface area contributed by atoms with Crippen molar-refractivity contribution in [3.63, 3.8) is 0 Å². The SMILES string of the molecule is [2H]c1c(C)[n+](C)c(-c2cc(C(C)(C)C)ccc2C)c2ccc([Si](C)(C)c3ccccc3)cc12. The molecule has 0 aliphatic rings. The number of hydrogen-bond donors (Lipinski definition) is 0. The average Bonchev–Trinajstić information content (AvgIpc) is 2.78. The summed E-state index contributed by atoms with van der Waals surface area (Å²) in [6.07, 6.45) is 0. The molecule has 32 heavy (non-hydrogen) atoms. The molecule has 4 rings (SSSR count). The smallest absolute Gasteiger partial charge is 0.198 e. The fourth-order valence-electron chi connectivity index (χ4n) is 4.56. The van der Waals surface area contributed by atoms with Gasteiger partial charge in [0.1, 0.15) is 15.1 Å². The molecule has 0 spiro atoms. The van der Waals surface area contributed by atoms with E-state index in [0.717, 1.165) is 16.5 Å². The summed E-state index contributed by atoms with van der Waals surface area (Å²) in [6, 6.07) is 25.2. The molecule has 3 aromatic carbocycles. The summed E-state index contributed by atoms with van der Waals surface area (Å²) in [5.41, 5.74) is 6.13. The highest BCUT2D eigenvalue weighted by Gasteiger charge is 2.28. The summed E-state index contributed by atoms with van der Waals surface area (Å²) < 4.78 is 11.2. The van der Waals surface area contributed by atoms with Gasteiger partial charge >= 0.3 is 0 Å². The maximum atomic E-state index is 8.98. The van der Waals surface area contributed by atoms with Gasteiger partial charge in [-0.15, -0.1) is 0 Å². The van der Waals surface area contributed by atoms with Crippen LogP contribution < -0.4 is 14.9 Å². The van der Waals surface area contributed by atoms with Crippen molar-refractivity contribution in [2.75, 3.05) is 0 Å². The van der Waals surface area contributed by atoms with Crippen molar-refractivity contribution in [2.24, 2.45) is 7.05 Å². The lowest BCUT2D eigenvalue weighted by molar-refractivity contribution is -0.665. The molecule has 2 heteroatoms. The van der Waals surface area contributed by atoms with Gasteiger partial charge in [0.2, 0.25) is 5.69 Å². The van der Waals surface area contributed by atoms with E-state index in [1.54, 1.807) is 0 Å². The first-order chi connectivity index (χ1) is 15.4. The minimum Gasteiger partial charge on any atom is -0.198 e. The predicted molar refractivity (Wildman–Crippen MR) is 142 cm³/mol. The first-order valence-electron chi connectivity index (χ1n) is 12.0. The third-order valence-corrected chi connectivity index (χ3v) is 10.5. The van der Waals surface area contributed by atoms with Gasteiger partial charge in [-0.2, -0.15) is 4.57 Å². The number of pyridine rings is 1. The fraction of sp³-hybridized carbons (Fsp3) is 0.300. The number of rotatable bonds is 3. The van der Waals surface area contributed by atoms with E-state index in [-0.39, 0.29) is 5.41 Å². The summed E-state index contributed by atoms with van der Waals surface area (Å²) in [5, 5.41) is 5.00. The molecule has 0 radical (unpaired) electrons. The highest BCUT2D eigenvalue weighted by molar-refractivity contribution is 7.00. The van der Waals surface area contributed by atoms with Gasteiger partial charge in [0, 0.05) is 13.0 Å². The second kappa shape index (κ2) is 8.01. The molecule has 0 saturated carbocycles. The van der Waals surface area contributed by atoms with E-state index in [9.17, 15) is 0 Å². The minimum atomic E-state index is -1.86. The zero-order valence-electron chi connectivity index (χ0n) is 21.8. The van der Waals surface area contributed by atoms with E-state index in [4.69, 9.17) is 1.37 Å². The molecule has 0 atom stereocenters. The number of aryl methyl sites for hydroxylation is 1. The van der Waals surface area contributed by atoms with E-state index in [1.807, 2.05) is 0 Å². The topological polar surface area (TPSA) is 3.88 Å². The van der Waals surface area contributed by atoms with Crippen LogP contribution in [0.25, 0.3) is 22.0 Å². The lowest BCUT2D eigenvalue weighted by Gasteiger charge is -2.24. The van der Waals surface area contributed by atoms with Gasteiger partial charge in [0.05, 0.1) is 12.3 Å². The van der Waals surface area contributed by atoms with Gasteiger partial charge in [0.25, 0.3) is 0 Å². The molecule has 0 N–H and O–H groups in total. The molecule has 1 aromatic heterocycles. The lowest BCUT2D eigenvalue weighted by atomic mass is 9.84. The molecule has 0 aliphatic carbocycles. The molecular formula is C30H36NSi+. The second-order valence-corrected chi connectivity index (χ2v) is 15.1. The molecule has 1 heterocycles. The summed E-state index contributed by atoms with van der Waals surface area (Å²) in [4.78, 5) is 0. The van der Waals surface area contributed by atoms with Crippen molar-refractivity contribution in [3.8, 4) is 11.3 Å². The Balaban J connectivity index is 2.01. The Morgan fingerprint density at radius 1 is 0.844 bits per heavy atom. The largest absolute Gasteiger partial charge is 0.220 e. The zero-order valence-corrected chi connectivity index (χ0v) is 21.8. The molecule has 0 aliphatic heterocycles. The van der Waals surface area contributed by atoms with Crippen LogP contribution in [0.4, 0.5) is 0 Å². The van der Waals surface area contributed by atoms with E-state index in [2.05, 4.69) is 126 Å². The Morgan fingerprint density at radius 3 is 2.19 bits per heavy atom. The van der Waals surface area contributed by atoms with Crippen molar-refractivity contribution in [1.82, 2.24) is 0 Å². The van der Waals surface area contributed by atoms with E-state index in [0.29, 0.717) is 6.04 Å².